The zero-order valence-corrected chi connectivity index (χ0v) is 19.6. The number of esters is 1. The van der Waals surface area contributed by atoms with Crippen molar-refractivity contribution in [1.29, 1.82) is 0 Å². The lowest BCUT2D eigenvalue weighted by Gasteiger charge is -2.32. The van der Waals surface area contributed by atoms with Crippen LogP contribution in [0.5, 0.6) is 0 Å². The van der Waals surface area contributed by atoms with Crippen LogP contribution in [0.1, 0.15) is 51.3 Å². The number of piperidine rings is 1. The molecule has 1 atom stereocenters. The van der Waals surface area contributed by atoms with Crippen molar-refractivity contribution in [2.24, 2.45) is 0 Å². The van der Waals surface area contributed by atoms with Gasteiger partial charge in [0.25, 0.3) is 5.91 Å². The topological polar surface area (TPSA) is 119 Å². The second kappa shape index (κ2) is 9.41. The first-order chi connectivity index (χ1) is 15.0. The third kappa shape index (κ3) is 5.55. The van der Waals surface area contributed by atoms with Gasteiger partial charge in [-0.15, -0.1) is 0 Å². The highest BCUT2D eigenvalue weighted by atomic mass is 32.2. The molecule has 0 spiro atoms. The van der Waals surface area contributed by atoms with Gasteiger partial charge in [-0.1, -0.05) is 43.6 Å². The predicted molar refractivity (Wildman–Crippen MR) is 118 cm³/mol. The number of anilines is 1. The van der Waals surface area contributed by atoms with Crippen molar-refractivity contribution in [1.82, 2.24) is 9.46 Å². The summed E-state index contributed by atoms with van der Waals surface area (Å²) in [5.74, 6) is -1.19. The smallest absolute Gasteiger partial charge is 0.324 e. The van der Waals surface area contributed by atoms with Gasteiger partial charge in [-0.25, -0.2) is 8.42 Å². The van der Waals surface area contributed by atoms with Gasteiger partial charge in [-0.05, 0) is 38.3 Å². The van der Waals surface area contributed by atoms with Crippen LogP contribution in [-0.4, -0.2) is 48.9 Å². The third-order valence-electron chi connectivity index (χ3n) is 5.24. The van der Waals surface area contributed by atoms with Crippen LogP contribution in [0.3, 0.4) is 0 Å². The van der Waals surface area contributed by atoms with Crippen LogP contribution in [0.15, 0.2) is 39.8 Å². The zero-order valence-electron chi connectivity index (χ0n) is 18.8. The van der Waals surface area contributed by atoms with Crippen molar-refractivity contribution in [2.45, 2.75) is 63.3 Å². The minimum absolute atomic E-state index is 0.125. The molecule has 1 aromatic heterocycles. The van der Waals surface area contributed by atoms with Crippen LogP contribution in [0.4, 0.5) is 5.88 Å². The number of nitrogens with one attached hydrogen (secondary N) is 1. The maximum absolute atomic E-state index is 13.1. The van der Waals surface area contributed by atoms with Gasteiger partial charge in [-0.2, -0.15) is 4.31 Å². The van der Waals surface area contributed by atoms with Crippen molar-refractivity contribution in [3.8, 4) is 0 Å². The number of ether oxygens (including phenoxy) is 1. The van der Waals surface area contributed by atoms with Gasteiger partial charge in [0.15, 0.2) is 6.61 Å². The molecule has 1 fully saturated rings. The Labute approximate surface area is 188 Å². The Morgan fingerprint density at radius 3 is 2.53 bits per heavy atom. The number of hydrogen-bond acceptors (Lipinski definition) is 7. The first-order valence-electron chi connectivity index (χ1n) is 10.5. The Hall–Kier alpha value is -2.72. The van der Waals surface area contributed by atoms with Gasteiger partial charge < -0.3 is 9.26 Å². The lowest BCUT2D eigenvalue weighted by Crippen LogP contribution is -2.48. The molecule has 1 aromatic carbocycles. The molecule has 0 bridgehead atoms. The normalized spacial score (nSPS) is 17.7. The number of sulfonamides is 1. The van der Waals surface area contributed by atoms with Crippen molar-refractivity contribution < 1.29 is 27.3 Å². The van der Waals surface area contributed by atoms with E-state index in [1.165, 1.54) is 16.4 Å². The lowest BCUT2D eigenvalue weighted by atomic mass is 9.92. The Kier molecular flexibility index (Phi) is 7.04. The fourth-order valence-corrected chi connectivity index (χ4v) is 5.01. The SMILES string of the molecule is Cc1ccc(S(=O)(=O)N2CCCC[C@H]2C(=O)OCC(=O)Nc2cc(C(C)(C)C)no2)cc1. The first-order valence-corrected chi connectivity index (χ1v) is 11.9. The van der Waals surface area contributed by atoms with E-state index in [-0.39, 0.29) is 22.7 Å². The molecular weight excluding hydrogens is 434 g/mol. The summed E-state index contributed by atoms with van der Waals surface area (Å²) in [6, 6.07) is 7.11. The third-order valence-corrected chi connectivity index (χ3v) is 7.16. The quantitative estimate of drug-likeness (QED) is 0.654. The number of hydrogen-bond donors (Lipinski definition) is 1. The Balaban J connectivity index is 1.63. The maximum atomic E-state index is 13.1. The van der Waals surface area contributed by atoms with Gasteiger partial charge in [0.05, 0.1) is 10.6 Å². The number of nitrogens with zero attached hydrogens (tertiary/aromatic N) is 2. The van der Waals surface area contributed by atoms with Crippen LogP contribution in [0.25, 0.3) is 0 Å². The lowest BCUT2D eigenvalue weighted by molar-refractivity contribution is -0.152. The van der Waals surface area contributed by atoms with E-state index in [0.717, 1.165) is 5.56 Å². The van der Waals surface area contributed by atoms with E-state index >= 15 is 0 Å². The molecule has 2 aromatic rings. The number of aromatic nitrogens is 1. The van der Waals surface area contributed by atoms with Gasteiger partial charge in [0, 0.05) is 18.0 Å². The van der Waals surface area contributed by atoms with E-state index in [2.05, 4.69) is 10.5 Å². The van der Waals surface area contributed by atoms with Crippen molar-refractivity contribution in [3.05, 3.63) is 41.6 Å². The van der Waals surface area contributed by atoms with Crippen molar-refractivity contribution in [2.75, 3.05) is 18.5 Å². The summed E-state index contributed by atoms with van der Waals surface area (Å²) in [5, 5.41) is 6.40. The molecule has 1 N–H and O–H groups in total. The first kappa shape index (κ1) is 23.9. The fraction of sp³-hybridized carbons (Fsp3) is 0.500. The standard InChI is InChI=1S/C22H29N3O6S/c1-15-8-10-16(11-9-15)32(28,29)25-12-6-5-7-17(25)21(27)30-14-19(26)23-20-13-18(24-31-20)22(2,3)4/h8-11,13,17H,5-7,12,14H2,1-4H3,(H,23,26)/t17-/m0/s1. The molecule has 3 rings (SSSR count). The van der Waals surface area contributed by atoms with Gasteiger partial charge in [0.2, 0.25) is 15.9 Å². The van der Waals surface area contributed by atoms with Crippen LogP contribution in [0, 0.1) is 6.92 Å². The minimum Gasteiger partial charge on any atom is -0.454 e. The summed E-state index contributed by atoms with van der Waals surface area (Å²) < 4.78 is 37.6. The molecule has 0 aliphatic carbocycles. The monoisotopic (exact) mass is 463 g/mol. The molecule has 174 valence electrons. The van der Waals surface area contributed by atoms with Gasteiger partial charge in [-0.3, -0.25) is 14.9 Å². The van der Waals surface area contributed by atoms with Crippen LogP contribution < -0.4 is 5.32 Å². The van der Waals surface area contributed by atoms with E-state index in [9.17, 15) is 18.0 Å². The van der Waals surface area contributed by atoms with Crippen molar-refractivity contribution in [3.63, 3.8) is 0 Å². The molecule has 0 unspecified atom stereocenters. The number of benzene rings is 1. The summed E-state index contributed by atoms with van der Waals surface area (Å²) in [4.78, 5) is 25.0. The second-order valence-electron chi connectivity index (χ2n) is 8.92. The average Bonchev–Trinajstić information content (AvgIpc) is 3.21. The molecule has 9 nitrogen and oxygen atoms in total. The van der Waals surface area contributed by atoms with Crippen LogP contribution in [-0.2, 0) is 29.8 Å². The molecule has 1 amide bonds. The average molecular weight is 464 g/mol. The number of rotatable bonds is 6. The minimum atomic E-state index is -3.86. The Morgan fingerprint density at radius 2 is 1.91 bits per heavy atom. The van der Waals surface area contributed by atoms with E-state index in [0.29, 0.717) is 25.0 Å². The molecule has 0 radical (unpaired) electrons. The van der Waals surface area contributed by atoms with E-state index in [1.54, 1.807) is 18.2 Å². The summed E-state index contributed by atoms with van der Waals surface area (Å²) in [6.07, 6.45) is 1.68. The maximum Gasteiger partial charge on any atom is 0.324 e. The number of amides is 1. The fourth-order valence-electron chi connectivity index (χ4n) is 3.37. The summed E-state index contributed by atoms with van der Waals surface area (Å²) >= 11 is 0. The van der Waals surface area contributed by atoms with Crippen LogP contribution >= 0.6 is 0 Å². The Bertz CT molecular complexity index is 1070. The molecule has 0 saturated carbocycles. The predicted octanol–water partition coefficient (Wildman–Crippen LogP) is 3.01. The highest BCUT2D eigenvalue weighted by molar-refractivity contribution is 7.89. The molecular formula is C22H29N3O6S. The molecule has 1 aliphatic heterocycles. The highest BCUT2D eigenvalue weighted by Gasteiger charge is 2.38. The summed E-state index contributed by atoms with van der Waals surface area (Å²) in [5.41, 5.74) is 1.36. The second-order valence-corrected chi connectivity index (χ2v) is 10.8. The summed E-state index contributed by atoms with van der Waals surface area (Å²) in [6.45, 7) is 7.40. The number of aryl methyl sites for hydroxylation is 1. The van der Waals surface area contributed by atoms with Gasteiger partial charge in [0.1, 0.15) is 6.04 Å². The number of carbonyl (C=O) groups is 2. The molecule has 1 aliphatic rings. The van der Waals surface area contributed by atoms with E-state index in [4.69, 9.17) is 9.26 Å². The molecule has 32 heavy (non-hydrogen) atoms. The highest BCUT2D eigenvalue weighted by Crippen LogP contribution is 2.27. The largest absolute Gasteiger partial charge is 0.454 e. The molecule has 1 saturated heterocycles. The molecule has 2 heterocycles. The number of carbonyl (C=O) groups excluding carboxylic acids is 2. The van der Waals surface area contributed by atoms with Crippen molar-refractivity contribution >= 4 is 27.8 Å². The van der Waals surface area contributed by atoms with E-state index < -0.39 is 34.5 Å². The van der Waals surface area contributed by atoms with Gasteiger partial charge >= 0.3 is 5.97 Å². The molecule has 10 heteroatoms. The van der Waals surface area contributed by atoms with E-state index in [1.807, 2.05) is 27.7 Å². The van der Waals surface area contributed by atoms with Crippen LogP contribution in [0.2, 0.25) is 0 Å². The Morgan fingerprint density at radius 1 is 1.22 bits per heavy atom. The summed E-state index contributed by atoms with van der Waals surface area (Å²) in [7, 11) is -3.86. The zero-order chi connectivity index (χ0) is 23.5.